The molecule has 2 N–H and O–H groups in total. The fourth-order valence-corrected chi connectivity index (χ4v) is 2.07. The van der Waals surface area contributed by atoms with Crippen LogP contribution in [0.4, 0.5) is 0 Å². The molecule has 0 amide bonds. The molecule has 0 aliphatic carbocycles. The Morgan fingerprint density at radius 2 is 1.94 bits per heavy atom. The Morgan fingerprint density at radius 1 is 1.22 bits per heavy atom. The van der Waals surface area contributed by atoms with Crippen molar-refractivity contribution in [3.05, 3.63) is 35.4 Å². The molecule has 0 saturated heterocycles. The molecule has 0 bridgehead atoms. The van der Waals surface area contributed by atoms with Gasteiger partial charge in [0, 0.05) is 0 Å². The lowest BCUT2D eigenvalue weighted by molar-refractivity contribution is 0.0694. The van der Waals surface area contributed by atoms with Crippen molar-refractivity contribution in [2.45, 2.75) is 51.6 Å². The first-order valence-corrected chi connectivity index (χ1v) is 6.64. The third kappa shape index (κ3) is 4.88. The molecule has 1 unspecified atom stereocenters. The fraction of sp³-hybridized carbons (Fsp3) is 0.533. The number of hydrogen-bond acceptors (Lipinski definition) is 2. The molecule has 1 atom stereocenters. The summed E-state index contributed by atoms with van der Waals surface area (Å²) >= 11 is 0. The van der Waals surface area contributed by atoms with E-state index in [-0.39, 0.29) is 0 Å². The Bertz CT molecular complexity index is 374. The molecule has 0 fully saturated rings. The predicted molar refractivity (Wildman–Crippen MR) is 71.9 cm³/mol. The SMILES string of the molecule is CCCCCCC(O)Cc1ccccc1C(=O)O. The standard InChI is InChI=1S/C15H22O3/c1-2-3-4-5-9-13(16)11-12-8-6-7-10-14(12)15(17)18/h6-8,10,13,16H,2-5,9,11H2,1H3,(H,17,18). The van der Waals surface area contributed by atoms with Gasteiger partial charge >= 0.3 is 5.97 Å². The molecule has 1 aromatic rings. The highest BCUT2D eigenvalue weighted by atomic mass is 16.4. The summed E-state index contributed by atoms with van der Waals surface area (Å²) in [6.07, 6.45) is 5.24. The first-order valence-electron chi connectivity index (χ1n) is 6.64. The van der Waals surface area contributed by atoms with Crippen LogP contribution in [0.25, 0.3) is 0 Å². The van der Waals surface area contributed by atoms with Crippen LogP contribution >= 0.6 is 0 Å². The summed E-state index contributed by atoms with van der Waals surface area (Å²) in [4.78, 5) is 11.0. The van der Waals surface area contributed by atoms with Gasteiger partial charge in [-0.15, -0.1) is 0 Å². The molecular weight excluding hydrogens is 228 g/mol. The molecule has 3 nitrogen and oxygen atoms in total. The molecule has 0 radical (unpaired) electrons. The normalized spacial score (nSPS) is 12.3. The molecule has 0 spiro atoms. The van der Waals surface area contributed by atoms with Gasteiger partial charge in [0.15, 0.2) is 0 Å². The van der Waals surface area contributed by atoms with Crippen LogP contribution < -0.4 is 0 Å². The molecule has 18 heavy (non-hydrogen) atoms. The topological polar surface area (TPSA) is 57.5 Å². The summed E-state index contributed by atoms with van der Waals surface area (Å²) in [6, 6.07) is 6.88. The minimum Gasteiger partial charge on any atom is -0.478 e. The second kappa shape index (κ2) is 7.88. The minimum absolute atomic E-state index is 0.296. The molecule has 1 rings (SSSR count). The van der Waals surface area contributed by atoms with Crippen molar-refractivity contribution >= 4 is 5.97 Å². The number of carboxylic acid groups (broad SMARTS) is 1. The Morgan fingerprint density at radius 3 is 2.61 bits per heavy atom. The molecule has 0 aromatic heterocycles. The molecule has 0 saturated carbocycles. The molecule has 0 aliphatic rings. The summed E-state index contributed by atoms with van der Waals surface area (Å²) in [5.41, 5.74) is 1.01. The fourth-order valence-electron chi connectivity index (χ4n) is 2.07. The highest BCUT2D eigenvalue weighted by Crippen LogP contribution is 2.14. The van der Waals surface area contributed by atoms with Crippen LogP contribution in [-0.2, 0) is 6.42 Å². The lowest BCUT2D eigenvalue weighted by Crippen LogP contribution is -2.13. The van der Waals surface area contributed by atoms with E-state index in [9.17, 15) is 9.90 Å². The second-order valence-electron chi connectivity index (χ2n) is 4.67. The number of benzene rings is 1. The van der Waals surface area contributed by atoms with Crippen LogP contribution in [0.5, 0.6) is 0 Å². The van der Waals surface area contributed by atoms with Gasteiger partial charge < -0.3 is 10.2 Å². The van der Waals surface area contributed by atoms with Gasteiger partial charge in [-0.25, -0.2) is 4.79 Å². The lowest BCUT2D eigenvalue weighted by Gasteiger charge is -2.12. The van der Waals surface area contributed by atoms with Crippen molar-refractivity contribution in [1.29, 1.82) is 0 Å². The van der Waals surface area contributed by atoms with Crippen molar-refractivity contribution in [1.82, 2.24) is 0 Å². The number of hydrogen-bond donors (Lipinski definition) is 2. The highest BCUT2D eigenvalue weighted by molar-refractivity contribution is 5.89. The maximum Gasteiger partial charge on any atom is 0.335 e. The van der Waals surface area contributed by atoms with Crippen molar-refractivity contribution in [2.75, 3.05) is 0 Å². The number of aliphatic hydroxyl groups is 1. The van der Waals surface area contributed by atoms with Crippen LogP contribution in [-0.4, -0.2) is 22.3 Å². The largest absolute Gasteiger partial charge is 0.478 e. The Balaban J connectivity index is 2.48. The number of carboxylic acids is 1. The number of carbonyl (C=O) groups is 1. The summed E-state index contributed by atoms with van der Waals surface area (Å²) < 4.78 is 0. The molecule has 0 aliphatic heterocycles. The molecule has 100 valence electrons. The molecule has 0 heterocycles. The zero-order valence-electron chi connectivity index (χ0n) is 10.9. The number of unbranched alkanes of at least 4 members (excludes halogenated alkanes) is 3. The van der Waals surface area contributed by atoms with Crippen LogP contribution in [0.3, 0.4) is 0 Å². The smallest absolute Gasteiger partial charge is 0.335 e. The molecule has 3 heteroatoms. The summed E-state index contributed by atoms with van der Waals surface area (Å²) in [7, 11) is 0. The quantitative estimate of drug-likeness (QED) is 0.696. The third-order valence-corrected chi connectivity index (χ3v) is 3.09. The first kappa shape index (κ1) is 14.7. The van der Waals surface area contributed by atoms with Gasteiger partial charge in [-0.2, -0.15) is 0 Å². The lowest BCUT2D eigenvalue weighted by atomic mass is 9.98. The zero-order valence-corrected chi connectivity index (χ0v) is 10.9. The average molecular weight is 250 g/mol. The highest BCUT2D eigenvalue weighted by Gasteiger charge is 2.12. The van der Waals surface area contributed by atoms with Crippen molar-refractivity contribution in [3.63, 3.8) is 0 Å². The van der Waals surface area contributed by atoms with Gasteiger partial charge in [0.05, 0.1) is 11.7 Å². The van der Waals surface area contributed by atoms with Gasteiger partial charge in [0.2, 0.25) is 0 Å². The molecule has 1 aromatic carbocycles. The number of aromatic carboxylic acids is 1. The van der Waals surface area contributed by atoms with Gasteiger partial charge in [0.25, 0.3) is 0 Å². The van der Waals surface area contributed by atoms with Crippen molar-refractivity contribution in [2.24, 2.45) is 0 Å². The molecular formula is C15H22O3. The van der Waals surface area contributed by atoms with E-state index >= 15 is 0 Å². The Hall–Kier alpha value is -1.35. The van der Waals surface area contributed by atoms with Crippen LogP contribution in [0, 0.1) is 0 Å². The van der Waals surface area contributed by atoms with Gasteiger partial charge in [-0.1, -0.05) is 50.8 Å². The maximum atomic E-state index is 11.0. The van der Waals surface area contributed by atoms with Crippen LogP contribution in [0.2, 0.25) is 0 Å². The number of rotatable bonds is 8. The Labute approximate surface area is 108 Å². The summed E-state index contributed by atoms with van der Waals surface area (Å²) in [5.74, 6) is -0.927. The predicted octanol–water partition coefficient (Wildman–Crippen LogP) is 3.26. The Kier molecular flexibility index (Phi) is 6.44. The van der Waals surface area contributed by atoms with Crippen LogP contribution in [0.15, 0.2) is 24.3 Å². The van der Waals surface area contributed by atoms with E-state index in [1.807, 2.05) is 6.07 Å². The second-order valence-corrected chi connectivity index (χ2v) is 4.67. The number of aliphatic hydroxyl groups excluding tert-OH is 1. The zero-order chi connectivity index (χ0) is 13.4. The van der Waals surface area contributed by atoms with Gasteiger partial charge in [-0.05, 0) is 24.5 Å². The van der Waals surface area contributed by atoms with Crippen molar-refractivity contribution in [3.8, 4) is 0 Å². The van der Waals surface area contributed by atoms with E-state index in [4.69, 9.17) is 5.11 Å². The van der Waals surface area contributed by atoms with E-state index in [0.29, 0.717) is 17.5 Å². The summed E-state index contributed by atoms with van der Waals surface area (Å²) in [6.45, 7) is 2.15. The third-order valence-electron chi connectivity index (χ3n) is 3.09. The minimum atomic E-state index is -0.927. The van der Waals surface area contributed by atoms with E-state index in [1.54, 1.807) is 18.2 Å². The van der Waals surface area contributed by atoms with Crippen molar-refractivity contribution < 1.29 is 15.0 Å². The van der Waals surface area contributed by atoms with Gasteiger partial charge in [-0.3, -0.25) is 0 Å². The van der Waals surface area contributed by atoms with E-state index < -0.39 is 12.1 Å². The van der Waals surface area contributed by atoms with Gasteiger partial charge in [0.1, 0.15) is 0 Å². The maximum absolute atomic E-state index is 11.0. The van der Waals surface area contributed by atoms with E-state index in [2.05, 4.69) is 6.92 Å². The van der Waals surface area contributed by atoms with Crippen LogP contribution in [0.1, 0.15) is 54.9 Å². The average Bonchev–Trinajstić information content (AvgIpc) is 2.35. The monoisotopic (exact) mass is 250 g/mol. The van der Waals surface area contributed by atoms with E-state index in [1.165, 1.54) is 12.8 Å². The summed E-state index contributed by atoms with van der Waals surface area (Å²) in [5, 5.41) is 19.0. The first-order chi connectivity index (χ1) is 8.65. The van der Waals surface area contributed by atoms with E-state index in [0.717, 1.165) is 19.3 Å².